The van der Waals surface area contributed by atoms with Gasteiger partial charge in [-0.15, -0.1) is 0 Å². The lowest BCUT2D eigenvalue weighted by molar-refractivity contribution is 0.357. The maximum Gasteiger partial charge on any atom is 0.124 e. The second-order valence-electron chi connectivity index (χ2n) is 2.68. The van der Waals surface area contributed by atoms with E-state index in [1.54, 1.807) is 31.4 Å². The van der Waals surface area contributed by atoms with Crippen LogP contribution >= 0.6 is 11.6 Å². The molecule has 0 saturated carbocycles. The Morgan fingerprint density at radius 1 is 1.40 bits per heavy atom. The summed E-state index contributed by atoms with van der Waals surface area (Å²) in [4.78, 5) is 0. The molecule has 3 nitrogen and oxygen atoms in total. The van der Waals surface area contributed by atoms with Crippen molar-refractivity contribution in [1.82, 2.24) is 0 Å². The van der Waals surface area contributed by atoms with Crippen molar-refractivity contribution in [2.45, 2.75) is 0 Å². The molecule has 78 valence electrons. The van der Waals surface area contributed by atoms with E-state index in [-0.39, 0.29) is 0 Å². The summed E-state index contributed by atoms with van der Waals surface area (Å²) in [6.45, 7) is 0.363. The number of methoxy groups -OCH3 is 1. The minimum absolute atomic E-state index is 0.363. The molecule has 0 atom stereocenters. The van der Waals surface area contributed by atoms with Gasteiger partial charge in [-0.25, -0.2) is 0 Å². The number of hydrogen-bond donors (Lipinski definition) is 0. The standard InChI is InChI=1S/C11H10ClNO2/c1-14-10-5-9(8-13)6-11(7-10)15-4-2-3-12/h2-3,5-7H,4H2,1H3/b3-2+. The van der Waals surface area contributed by atoms with Crippen molar-refractivity contribution in [3.05, 3.63) is 35.4 Å². The molecule has 0 aromatic heterocycles. The van der Waals surface area contributed by atoms with Gasteiger partial charge in [0.25, 0.3) is 0 Å². The summed E-state index contributed by atoms with van der Waals surface area (Å²) in [6.07, 6.45) is 1.66. The van der Waals surface area contributed by atoms with E-state index in [2.05, 4.69) is 0 Å². The molecule has 1 aromatic carbocycles. The van der Waals surface area contributed by atoms with Crippen LogP contribution in [0.3, 0.4) is 0 Å². The van der Waals surface area contributed by atoms with Gasteiger partial charge in [0, 0.05) is 11.6 Å². The highest BCUT2D eigenvalue weighted by molar-refractivity contribution is 6.25. The second-order valence-corrected chi connectivity index (χ2v) is 2.93. The maximum absolute atomic E-state index is 8.76. The van der Waals surface area contributed by atoms with Gasteiger partial charge in [-0.3, -0.25) is 0 Å². The summed E-state index contributed by atoms with van der Waals surface area (Å²) < 4.78 is 10.4. The Hall–Kier alpha value is -1.66. The fourth-order valence-electron chi connectivity index (χ4n) is 1.02. The minimum atomic E-state index is 0.363. The molecule has 1 aromatic rings. The van der Waals surface area contributed by atoms with Crippen molar-refractivity contribution in [2.24, 2.45) is 0 Å². The topological polar surface area (TPSA) is 42.2 Å². The van der Waals surface area contributed by atoms with Gasteiger partial charge < -0.3 is 9.47 Å². The van der Waals surface area contributed by atoms with E-state index in [1.165, 1.54) is 5.54 Å². The fraction of sp³-hybridized carbons (Fsp3) is 0.182. The van der Waals surface area contributed by atoms with Crippen LogP contribution in [-0.4, -0.2) is 13.7 Å². The summed E-state index contributed by atoms with van der Waals surface area (Å²) in [6, 6.07) is 7.03. The van der Waals surface area contributed by atoms with Crippen molar-refractivity contribution in [3.8, 4) is 17.6 Å². The van der Waals surface area contributed by atoms with Crippen LogP contribution in [0, 0.1) is 11.3 Å². The van der Waals surface area contributed by atoms with Gasteiger partial charge in [-0.1, -0.05) is 11.6 Å². The van der Waals surface area contributed by atoms with E-state index in [1.807, 2.05) is 6.07 Å². The summed E-state index contributed by atoms with van der Waals surface area (Å²) >= 11 is 5.35. The fourth-order valence-corrected chi connectivity index (χ4v) is 1.09. The molecule has 0 aliphatic rings. The van der Waals surface area contributed by atoms with Gasteiger partial charge in [0.05, 0.1) is 18.7 Å². The number of benzene rings is 1. The summed E-state index contributed by atoms with van der Waals surface area (Å²) in [7, 11) is 1.54. The molecule has 4 heteroatoms. The average Bonchev–Trinajstić information content (AvgIpc) is 2.29. The molecule has 0 amide bonds. The molecule has 0 aliphatic carbocycles. The highest BCUT2D eigenvalue weighted by atomic mass is 35.5. The zero-order valence-electron chi connectivity index (χ0n) is 8.24. The van der Waals surface area contributed by atoms with Crippen molar-refractivity contribution in [1.29, 1.82) is 5.26 Å². The monoisotopic (exact) mass is 223 g/mol. The van der Waals surface area contributed by atoms with E-state index in [4.69, 9.17) is 26.3 Å². The van der Waals surface area contributed by atoms with Crippen molar-refractivity contribution in [3.63, 3.8) is 0 Å². The predicted molar refractivity (Wildman–Crippen MR) is 58.2 cm³/mol. The molecule has 0 N–H and O–H groups in total. The van der Waals surface area contributed by atoms with Crippen LogP contribution in [0.5, 0.6) is 11.5 Å². The maximum atomic E-state index is 8.76. The molecule has 0 fully saturated rings. The Kier molecular flexibility index (Phi) is 4.52. The third-order valence-electron chi connectivity index (χ3n) is 1.68. The van der Waals surface area contributed by atoms with E-state index in [0.717, 1.165) is 0 Å². The number of halogens is 1. The molecule has 0 radical (unpaired) electrons. The Balaban J connectivity index is 2.83. The molecule has 0 spiro atoms. The zero-order valence-corrected chi connectivity index (χ0v) is 8.99. The third-order valence-corrected chi connectivity index (χ3v) is 1.86. The Morgan fingerprint density at radius 3 is 2.73 bits per heavy atom. The van der Waals surface area contributed by atoms with Crippen LogP contribution in [-0.2, 0) is 0 Å². The molecule has 0 unspecified atom stereocenters. The van der Waals surface area contributed by atoms with Crippen molar-refractivity contribution < 1.29 is 9.47 Å². The average molecular weight is 224 g/mol. The summed E-state index contributed by atoms with van der Waals surface area (Å²) in [5, 5.41) is 8.76. The summed E-state index contributed by atoms with van der Waals surface area (Å²) in [5.41, 5.74) is 1.88. The van der Waals surface area contributed by atoms with Gasteiger partial charge in [-0.05, 0) is 18.2 Å². The molecular weight excluding hydrogens is 214 g/mol. The van der Waals surface area contributed by atoms with E-state index >= 15 is 0 Å². The predicted octanol–water partition coefficient (Wildman–Crippen LogP) is 2.70. The van der Waals surface area contributed by atoms with E-state index in [9.17, 15) is 0 Å². The number of rotatable bonds is 4. The number of ether oxygens (including phenoxy) is 2. The second kappa shape index (κ2) is 5.94. The van der Waals surface area contributed by atoms with Gasteiger partial charge in [0.2, 0.25) is 0 Å². The number of nitrogens with zero attached hydrogens (tertiary/aromatic N) is 1. The molecule has 0 aliphatic heterocycles. The SMILES string of the molecule is COc1cc(C#N)cc(OC/C=C/Cl)c1. The molecule has 0 bridgehead atoms. The molecule has 0 heterocycles. The van der Waals surface area contributed by atoms with Crippen LogP contribution < -0.4 is 9.47 Å². The Labute approximate surface area is 93.5 Å². The van der Waals surface area contributed by atoms with Crippen LogP contribution in [0.1, 0.15) is 5.56 Å². The first kappa shape index (κ1) is 11.4. The first-order valence-corrected chi connectivity index (χ1v) is 4.71. The van der Waals surface area contributed by atoms with Crippen molar-refractivity contribution in [2.75, 3.05) is 13.7 Å². The molecule has 15 heavy (non-hydrogen) atoms. The van der Waals surface area contributed by atoms with Gasteiger partial charge in [-0.2, -0.15) is 5.26 Å². The highest BCUT2D eigenvalue weighted by Crippen LogP contribution is 2.22. The first-order chi connectivity index (χ1) is 7.30. The van der Waals surface area contributed by atoms with Crippen molar-refractivity contribution >= 4 is 11.6 Å². The normalized spacial score (nSPS) is 9.93. The minimum Gasteiger partial charge on any atom is -0.497 e. The van der Waals surface area contributed by atoms with Crippen LogP contribution in [0.25, 0.3) is 0 Å². The van der Waals surface area contributed by atoms with Gasteiger partial charge in [0.1, 0.15) is 18.1 Å². The lowest BCUT2D eigenvalue weighted by atomic mass is 10.2. The smallest absolute Gasteiger partial charge is 0.124 e. The molecular formula is C11H10ClNO2. The lowest BCUT2D eigenvalue weighted by Crippen LogP contribution is -1.94. The quantitative estimate of drug-likeness (QED) is 0.788. The van der Waals surface area contributed by atoms with Crippen LogP contribution in [0.4, 0.5) is 0 Å². The molecule has 1 rings (SSSR count). The Bertz CT molecular complexity index is 396. The number of nitriles is 1. The van der Waals surface area contributed by atoms with Crippen LogP contribution in [0.2, 0.25) is 0 Å². The highest BCUT2D eigenvalue weighted by Gasteiger charge is 2.01. The summed E-state index contributed by atoms with van der Waals surface area (Å²) in [5.74, 6) is 1.18. The first-order valence-electron chi connectivity index (χ1n) is 4.27. The third kappa shape index (κ3) is 3.53. The zero-order chi connectivity index (χ0) is 11.1. The van der Waals surface area contributed by atoms with E-state index in [0.29, 0.717) is 23.7 Å². The largest absolute Gasteiger partial charge is 0.497 e. The lowest BCUT2D eigenvalue weighted by Gasteiger charge is -2.06. The van der Waals surface area contributed by atoms with Crippen LogP contribution in [0.15, 0.2) is 29.8 Å². The van der Waals surface area contributed by atoms with Gasteiger partial charge >= 0.3 is 0 Å². The van der Waals surface area contributed by atoms with E-state index < -0.39 is 0 Å². The molecule has 0 saturated heterocycles. The number of hydrogen-bond acceptors (Lipinski definition) is 3. The Morgan fingerprint density at radius 2 is 2.13 bits per heavy atom. The van der Waals surface area contributed by atoms with Gasteiger partial charge in [0.15, 0.2) is 0 Å².